The molecular formula is C16H32N2S. The van der Waals surface area contributed by atoms with Gasteiger partial charge >= 0.3 is 0 Å². The molecule has 0 spiro atoms. The van der Waals surface area contributed by atoms with Gasteiger partial charge in [-0.15, -0.1) is 0 Å². The summed E-state index contributed by atoms with van der Waals surface area (Å²) in [6.45, 7) is 10.8. The summed E-state index contributed by atoms with van der Waals surface area (Å²) in [7, 11) is 0. The monoisotopic (exact) mass is 284 g/mol. The van der Waals surface area contributed by atoms with Crippen LogP contribution in [0.2, 0.25) is 0 Å². The summed E-state index contributed by atoms with van der Waals surface area (Å²) >= 11 is 2.20. The van der Waals surface area contributed by atoms with Crippen molar-refractivity contribution < 1.29 is 0 Å². The molecule has 1 aliphatic carbocycles. The minimum absolute atomic E-state index is 0.376. The fourth-order valence-electron chi connectivity index (χ4n) is 3.90. The molecule has 0 aromatic carbocycles. The van der Waals surface area contributed by atoms with Crippen molar-refractivity contribution in [2.24, 2.45) is 0 Å². The molecule has 0 aromatic rings. The first-order valence-corrected chi connectivity index (χ1v) is 9.40. The minimum atomic E-state index is 0.376. The van der Waals surface area contributed by atoms with Crippen molar-refractivity contribution in [1.29, 1.82) is 0 Å². The highest BCUT2D eigenvalue weighted by Crippen LogP contribution is 2.35. The van der Waals surface area contributed by atoms with Gasteiger partial charge in [0.25, 0.3) is 0 Å². The van der Waals surface area contributed by atoms with Crippen LogP contribution in [0.3, 0.4) is 0 Å². The largest absolute Gasteiger partial charge is 0.310 e. The van der Waals surface area contributed by atoms with Gasteiger partial charge in [-0.2, -0.15) is 11.8 Å². The van der Waals surface area contributed by atoms with Crippen molar-refractivity contribution in [2.75, 3.05) is 25.4 Å². The van der Waals surface area contributed by atoms with Crippen molar-refractivity contribution >= 4 is 11.8 Å². The van der Waals surface area contributed by atoms with Crippen LogP contribution in [0.4, 0.5) is 0 Å². The first-order chi connectivity index (χ1) is 9.24. The Morgan fingerprint density at radius 1 is 1.16 bits per heavy atom. The molecule has 0 radical (unpaired) electrons. The van der Waals surface area contributed by atoms with Crippen LogP contribution in [0.25, 0.3) is 0 Å². The SMILES string of the molecule is CCSC1CCCC1N1CCCNC(CC)(CC)C1. The highest BCUT2D eigenvalue weighted by molar-refractivity contribution is 7.99. The molecule has 1 heterocycles. The second kappa shape index (κ2) is 7.33. The topological polar surface area (TPSA) is 15.3 Å². The van der Waals surface area contributed by atoms with Gasteiger partial charge in [0.15, 0.2) is 0 Å². The Bertz CT molecular complexity index is 265. The fourth-order valence-corrected chi connectivity index (χ4v) is 5.19. The van der Waals surface area contributed by atoms with Gasteiger partial charge in [-0.1, -0.05) is 27.2 Å². The van der Waals surface area contributed by atoms with Crippen molar-refractivity contribution in [3.63, 3.8) is 0 Å². The van der Waals surface area contributed by atoms with Gasteiger partial charge in [0.1, 0.15) is 0 Å². The maximum absolute atomic E-state index is 3.85. The fraction of sp³-hybridized carbons (Fsp3) is 1.00. The molecule has 112 valence electrons. The Balaban J connectivity index is 2.05. The zero-order valence-corrected chi connectivity index (χ0v) is 13.9. The van der Waals surface area contributed by atoms with Crippen molar-refractivity contribution in [3.05, 3.63) is 0 Å². The van der Waals surface area contributed by atoms with E-state index in [1.54, 1.807) is 0 Å². The first-order valence-electron chi connectivity index (χ1n) is 8.35. The maximum atomic E-state index is 3.85. The quantitative estimate of drug-likeness (QED) is 0.831. The molecule has 3 heteroatoms. The lowest BCUT2D eigenvalue weighted by atomic mass is 9.92. The molecule has 2 nitrogen and oxygen atoms in total. The zero-order chi connectivity index (χ0) is 13.7. The first kappa shape index (κ1) is 15.7. The van der Waals surface area contributed by atoms with Crippen LogP contribution >= 0.6 is 11.8 Å². The van der Waals surface area contributed by atoms with Crippen LogP contribution in [0, 0.1) is 0 Å². The van der Waals surface area contributed by atoms with E-state index >= 15 is 0 Å². The summed E-state index contributed by atoms with van der Waals surface area (Å²) in [6, 6.07) is 0.849. The molecule has 0 aromatic heterocycles. The van der Waals surface area contributed by atoms with E-state index in [0.717, 1.165) is 11.3 Å². The highest BCUT2D eigenvalue weighted by Gasteiger charge is 2.37. The average molecular weight is 285 g/mol. The summed E-state index contributed by atoms with van der Waals surface area (Å²) in [6.07, 6.45) is 8.16. The lowest BCUT2D eigenvalue weighted by molar-refractivity contribution is 0.152. The predicted octanol–water partition coefficient (Wildman–Crippen LogP) is 3.51. The Morgan fingerprint density at radius 3 is 2.63 bits per heavy atom. The second-order valence-corrected chi connectivity index (χ2v) is 7.75. The van der Waals surface area contributed by atoms with Gasteiger partial charge in [0.2, 0.25) is 0 Å². The Hall–Kier alpha value is 0.270. The predicted molar refractivity (Wildman–Crippen MR) is 87.1 cm³/mol. The number of rotatable bonds is 5. The van der Waals surface area contributed by atoms with Crippen LogP contribution in [0.15, 0.2) is 0 Å². The van der Waals surface area contributed by atoms with Crippen molar-refractivity contribution in [3.8, 4) is 0 Å². The van der Waals surface area contributed by atoms with E-state index in [1.807, 2.05) is 0 Å². The van der Waals surface area contributed by atoms with Crippen LogP contribution in [0.5, 0.6) is 0 Å². The Morgan fingerprint density at radius 2 is 1.95 bits per heavy atom. The molecule has 2 atom stereocenters. The summed E-state index contributed by atoms with van der Waals surface area (Å²) in [5.41, 5.74) is 0.376. The third kappa shape index (κ3) is 3.68. The Labute approximate surface area is 124 Å². The molecule has 1 aliphatic heterocycles. The van der Waals surface area contributed by atoms with Gasteiger partial charge in [0.05, 0.1) is 0 Å². The summed E-state index contributed by atoms with van der Waals surface area (Å²) in [4.78, 5) is 2.84. The number of hydrogen-bond donors (Lipinski definition) is 1. The third-order valence-electron chi connectivity index (χ3n) is 5.25. The molecule has 2 unspecified atom stereocenters. The second-order valence-electron chi connectivity index (χ2n) is 6.23. The van der Waals surface area contributed by atoms with Crippen molar-refractivity contribution in [1.82, 2.24) is 10.2 Å². The standard InChI is InChI=1S/C16H32N2S/c1-4-16(5-2)13-18(12-8-11-17-16)14-9-7-10-15(14)19-6-3/h14-15,17H,4-13H2,1-3H3. The maximum Gasteiger partial charge on any atom is 0.0303 e. The van der Waals surface area contributed by atoms with E-state index in [9.17, 15) is 0 Å². The third-order valence-corrected chi connectivity index (χ3v) is 6.56. The van der Waals surface area contributed by atoms with Crippen molar-refractivity contribution in [2.45, 2.75) is 76.1 Å². The minimum Gasteiger partial charge on any atom is -0.310 e. The van der Waals surface area contributed by atoms with Gasteiger partial charge < -0.3 is 5.32 Å². The number of nitrogens with zero attached hydrogens (tertiary/aromatic N) is 1. The van der Waals surface area contributed by atoms with E-state index in [2.05, 4.69) is 42.7 Å². The average Bonchev–Trinajstić information content (AvgIpc) is 2.78. The zero-order valence-electron chi connectivity index (χ0n) is 13.1. The van der Waals surface area contributed by atoms with Gasteiger partial charge in [0, 0.05) is 23.4 Å². The number of thioether (sulfide) groups is 1. The molecule has 19 heavy (non-hydrogen) atoms. The molecule has 1 saturated heterocycles. The molecule has 0 bridgehead atoms. The molecule has 2 rings (SSSR count). The van der Waals surface area contributed by atoms with E-state index in [1.165, 1.54) is 63.9 Å². The molecule has 2 aliphatic rings. The summed E-state index contributed by atoms with van der Waals surface area (Å²) in [5, 5.41) is 4.74. The lowest BCUT2D eigenvalue weighted by Crippen LogP contribution is -2.53. The van der Waals surface area contributed by atoms with E-state index in [-0.39, 0.29) is 0 Å². The van der Waals surface area contributed by atoms with Crippen LogP contribution in [-0.2, 0) is 0 Å². The van der Waals surface area contributed by atoms with Gasteiger partial charge in [-0.3, -0.25) is 4.90 Å². The van der Waals surface area contributed by atoms with E-state index in [4.69, 9.17) is 0 Å². The van der Waals surface area contributed by atoms with Crippen LogP contribution < -0.4 is 5.32 Å². The van der Waals surface area contributed by atoms with E-state index < -0.39 is 0 Å². The van der Waals surface area contributed by atoms with Crippen LogP contribution in [-0.4, -0.2) is 47.1 Å². The molecular weight excluding hydrogens is 252 g/mol. The smallest absolute Gasteiger partial charge is 0.0303 e. The highest BCUT2D eigenvalue weighted by atomic mass is 32.2. The Kier molecular flexibility index (Phi) is 6.04. The summed E-state index contributed by atoms with van der Waals surface area (Å²) < 4.78 is 0. The van der Waals surface area contributed by atoms with Gasteiger partial charge in [-0.05, 0) is 50.9 Å². The molecule has 1 saturated carbocycles. The molecule has 1 N–H and O–H groups in total. The van der Waals surface area contributed by atoms with Crippen LogP contribution in [0.1, 0.15) is 59.3 Å². The molecule has 2 fully saturated rings. The van der Waals surface area contributed by atoms with Gasteiger partial charge in [-0.25, -0.2) is 0 Å². The lowest BCUT2D eigenvalue weighted by Gasteiger charge is -2.39. The van der Waals surface area contributed by atoms with E-state index in [0.29, 0.717) is 5.54 Å². The normalized spacial score (nSPS) is 32.4. The number of hydrogen-bond acceptors (Lipinski definition) is 3. The molecule has 0 amide bonds. The number of nitrogens with one attached hydrogen (secondary N) is 1. The summed E-state index contributed by atoms with van der Waals surface area (Å²) in [5.74, 6) is 1.28.